The Morgan fingerprint density at radius 2 is 2.40 bits per heavy atom. The first-order valence-corrected chi connectivity index (χ1v) is 5.04. The number of aromatic amines is 1. The molecule has 1 heterocycles. The molecule has 1 radical (unpaired) electrons. The lowest BCUT2D eigenvalue weighted by molar-refractivity contribution is 0.188. The smallest absolute Gasteiger partial charge is 0.0480 e. The lowest BCUT2D eigenvalue weighted by Gasteiger charge is -2.11. The van der Waals surface area contributed by atoms with E-state index in [4.69, 9.17) is 10.5 Å². The molecule has 0 fully saturated rings. The highest BCUT2D eigenvalue weighted by atomic mass is 16.5. The van der Waals surface area contributed by atoms with Crippen molar-refractivity contribution in [3.8, 4) is 0 Å². The van der Waals surface area contributed by atoms with Gasteiger partial charge in [-0.05, 0) is 18.1 Å². The Morgan fingerprint density at radius 3 is 3.20 bits per heavy atom. The van der Waals surface area contributed by atoms with E-state index in [-0.39, 0.29) is 6.04 Å². The average molecular weight is 203 g/mol. The number of hydrogen-bond donors (Lipinski definition) is 2. The Kier molecular flexibility index (Phi) is 3.04. The molecule has 79 valence electrons. The third-order valence-electron chi connectivity index (χ3n) is 2.56. The zero-order valence-electron chi connectivity index (χ0n) is 8.79. The van der Waals surface area contributed by atoms with Gasteiger partial charge in [0.25, 0.3) is 0 Å². The molecule has 1 aromatic carbocycles. The van der Waals surface area contributed by atoms with Crippen LogP contribution in [0.2, 0.25) is 0 Å². The molecule has 2 rings (SSSR count). The Bertz CT molecular complexity index is 436. The van der Waals surface area contributed by atoms with Crippen molar-refractivity contribution in [3.63, 3.8) is 0 Å². The van der Waals surface area contributed by atoms with Gasteiger partial charge in [0.2, 0.25) is 0 Å². The number of ether oxygens (including phenoxy) is 1. The van der Waals surface area contributed by atoms with Crippen molar-refractivity contribution in [3.05, 3.63) is 36.0 Å². The number of nitrogens with two attached hydrogens (primary N) is 1. The van der Waals surface area contributed by atoms with E-state index >= 15 is 0 Å². The standard InChI is InChI=1S/C12H15N2O/c1-15-7-5-11(13)10-3-2-9-4-6-14-12(9)8-10/h2-3,6,8,11,14H,5,7,13H2,1H3. The molecule has 15 heavy (non-hydrogen) atoms. The van der Waals surface area contributed by atoms with Crippen LogP contribution >= 0.6 is 0 Å². The lowest BCUT2D eigenvalue weighted by Crippen LogP contribution is -2.12. The van der Waals surface area contributed by atoms with Crippen LogP contribution in [-0.4, -0.2) is 18.7 Å². The van der Waals surface area contributed by atoms with E-state index in [1.807, 2.05) is 18.3 Å². The average Bonchev–Trinajstić information content (AvgIpc) is 2.72. The second kappa shape index (κ2) is 4.47. The fourth-order valence-electron chi connectivity index (χ4n) is 1.64. The maximum absolute atomic E-state index is 6.04. The fraction of sp³-hybridized carbons (Fsp3) is 0.333. The Hall–Kier alpha value is -1.32. The summed E-state index contributed by atoms with van der Waals surface area (Å²) in [5, 5.41) is 1.10. The zero-order valence-corrected chi connectivity index (χ0v) is 8.79. The van der Waals surface area contributed by atoms with Crippen molar-refractivity contribution in [1.29, 1.82) is 0 Å². The molecule has 0 amide bonds. The Labute approximate surface area is 89.2 Å². The number of benzene rings is 1. The zero-order chi connectivity index (χ0) is 10.7. The molecule has 2 aromatic rings. The summed E-state index contributed by atoms with van der Waals surface area (Å²) in [6, 6.07) is 9.31. The second-order valence-electron chi connectivity index (χ2n) is 3.63. The van der Waals surface area contributed by atoms with Gasteiger partial charge in [-0.1, -0.05) is 12.1 Å². The molecule has 3 nitrogen and oxygen atoms in total. The number of fused-ring (bicyclic) bond motifs is 1. The molecule has 1 aromatic heterocycles. The van der Waals surface area contributed by atoms with Gasteiger partial charge in [0.1, 0.15) is 0 Å². The van der Waals surface area contributed by atoms with E-state index in [9.17, 15) is 0 Å². The van der Waals surface area contributed by atoms with Crippen molar-refractivity contribution >= 4 is 10.9 Å². The topological polar surface area (TPSA) is 51.0 Å². The number of methoxy groups -OCH3 is 1. The van der Waals surface area contributed by atoms with Crippen molar-refractivity contribution in [2.45, 2.75) is 12.5 Å². The second-order valence-corrected chi connectivity index (χ2v) is 3.63. The summed E-state index contributed by atoms with van der Waals surface area (Å²) in [6.07, 6.45) is 2.65. The van der Waals surface area contributed by atoms with E-state index < -0.39 is 0 Å². The van der Waals surface area contributed by atoms with Crippen molar-refractivity contribution in [1.82, 2.24) is 4.98 Å². The van der Waals surface area contributed by atoms with E-state index in [1.165, 1.54) is 0 Å². The third kappa shape index (κ3) is 2.19. The minimum absolute atomic E-state index is 0.0395. The molecule has 0 bridgehead atoms. The van der Waals surface area contributed by atoms with E-state index in [0.29, 0.717) is 6.61 Å². The third-order valence-corrected chi connectivity index (χ3v) is 2.56. The van der Waals surface area contributed by atoms with Crippen molar-refractivity contribution in [2.75, 3.05) is 13.7 Å². The van der Waals surface area contributed by atoms with Crippen molar-refractivity contribution in [2.24, 2.45) is 5.73 Å². The predicted octanol–water partition coefficient (Wildman–Crippen LogP) is 2.00. The van der Waals surface area contributed by atoms with Crippen LogP contribution in [0.5, 0.6) is 0 Å². The van der Waals surface area contributed by atoms with Gasteiger partial charge >= 0.3 is 0 Å². The van der Waals surface area contributed by atoms with Gasteiger partial charge in [0.05, 0.1) is 0 Å². The minimum atomic E-state index is 0.0395. The quantitative estimate of drug-likeness (QED) is 0.798. The minimum Gasteiger partial charge on any atom is -0.385 e. The maximum Gasteiger partial charge on any atom is 0.0480 e. The number of H-pyrrole nitrogens is 1. The Balaban J connectivity index is 2.19. The normalized spacial score (nSPS) is 13.2. The molecule has 0 saturated carbocycles. The van der Waals surface area contributed by atoms with Crippen LogP contribution in [0.4, 0.5) is 0 Å². The first-order valence-electron chi connectivity index (χ1n) is 5.04. The summed E-state index contributed by atoms with van der Waals surface area (Å²) >= 11 is 0. The number of nitrogens with one attached hydrogen (secondary N) is 1. The van der Waals surface area contributed by atoms with Gasteiger partial charge in [0, 0.05) is 42.9 Å². The molecule has 0 aliphatic heterocycles. The first kappa shape index (κ1) is 10.2. The highest BCUT2D eigenvalue weighted by Crippen LogP contribution is 2.19. The van der Waals surface area contributed by atoms with E-state index in [0.717, 1.165) is 22.9 Å². The van der Waals surface area contributed by atoms with Crippen LogP contribution in [-0.2, 0) is 4.74 Å². The van der Waals surface area contributed by atoms with Gasteiger partial charge in [-0.3, -0.25) is 0 Å². The van der Waals surface area contributed by atoms with Crippen LogP contribution in [0, 0.1) is 6.07 Å². The molecule has 3 heteroatoms. The molecule has 3 N–H and O–H groups in total. The van der Waals surface area contributed by atoms with Crippen LogP contribution in [0.15, 0.2) is 24.4 Å². The van der Waals surface area contributed by atoms with Gasteiger partial charge < -0.3 is 15.5 Å². The highest BCUT2D eigenvalue weighted by Gasteiger charge is 2.06. The molecular formula is C12H15N2O. The SMILES string of the molecule is COCCC(N)c1ccc2[c]c[nH]c2c1. The monoisotopic (exact) mass is 203 g/mol. The van der Waals surface area contributed by atoms with Gasteiger partial charge in [-0.25, -0.2) is 0 Å². The molecule has 0 spiro atoms. The summed E-state index contributed by atoms with van der Waals surface area (Å²) in [6.45, 7) is 0.691. The summed E-state index contributed by atoms with van der Waals surface area (Å²) in [5.74, 6) is 0. The summed E-state index contributed by atoms with van der Waals surface area (Å²) in [4.78, 5) is 3.13. The fourth-order valence-corrected chi connectivity index (χ4v) is 1.64. The number of rotatable bonds is 4. The first-order chi connectivity index (χ1) is 7.31. The summed E-state index contributed by atoms with van der Waals surface area (Å²) in [5.41, 5.74) is 8.26. The Morgan fingerprint density at radius 1 is 1.53 bits per heavy atom. The summed E-state index contributed by atoms with van der Waals surface area (Å²) < 4.78 is 5.01. The van der Waals surface area contributed by atoms with E-state index in [2.05, 4.69) is 17.1 Å². The van der Waals surface area contributed by atoms with Gasteiger partial charge in [-0.15, -0.1) is 0 Å². The predicted molar refractivity (Wildman–Crippen MR) is 60.6 cm³/mol. The molecule has 1 atom stereocenters. The van der Waals surface area contributed by atoms with Crippen LogP contribution in [0.3, 0.4) is 0 Å². The molecular weight excluding hydrogens is 188 g/mol. The van der Waals surface area contributed by atoms with Crippen molar-refractivity contribution < 1.29 is 4.74 Å². The van der Waals surface area contributed by atoms with Crippen LogP contribution < -0.4 is 5.73 Å². The molecule has 0 aliphatic carbocycles. The summed E-state index contributed by atoms with van der Waals surface area (Å²) in [7, 11) is 1.69. The number of aromatic nitrogens is 1. The lowest BCUT2D eigenvalue weighted by atomic mass is 10.0. The molecule has 0 aliphatic rings. The number of hydrogen-bond acceptors (Lipinski definition) is 2. The molecule has 0 saturated heterocycles. The van der Waals surface area contributed by atoms with E-state index in [1.54, 1.807) is 7.11 Å². The van der Waals surface area contributed by atoms with Crippen LogP contribution in [0.1, 0.15) is 18.0 Å². The van der Waals surface area contributed by atoms with Crippen LogP contribution in [0.25, 0.3) is 10.9 Å². The largest absolute Gasteiger partial charge is 0.385 e. The molecule has 1 unspecified atom stereocenters. The van der Waals surface area contributed by atoms with Gasteiger partial charge in [0.15, 0.2) is 0 Å². The highest BCUT2D eigenvalue weighted by molar-refractivity contribution is 5.79. The van der Waals surface area contributed by atoms with Gasteiger partial charge in [-0.2, -0.15) is 0 Å². The maximum atomic E-state index is 6.04.